The lowest BCUT2D eigenvalue weighted by atomic mass is 10.0. The van der Waals surface area contributed by atoms with Gasteiger partial charge in [-0.25, -0.2) is 15.6 Å². The Morgan fingerprint density at radius 3 is 2.67 bits per heavy atom. The number of nitrogen functional groups attached to an aromatic ring is 1. The van der Waals surface area contributed by atoms with Crippen LogP contribution < -0.4 is 11.3 Å². The van der Waals surface area contributed by atoms with Gasteiger partial charge in [0.15, 0.2) is 0 Å². The van der Waals surface area contributed by atoms with Crippen LogP contribution in [0.25, 0.3) is 5.57 Å². The quantitative estimate of drug-likeness (QED) is 0.645. The Bertz CT molecular complexity index is 532. The molecule has 3 N–H and O–H groups in total. The van der Waals surface area contributed by atoms with E-state index in [4.69, 9.17) is 10.6 Å². The van der Waals surface area contributed by atoms with Gasteiger partial charge in [0.1, 0.15) is 11.4 Å². The largest absolute Gasteiger partial charge is 0.444 e. The highest BCUT2D eigenvalue weighted by atomic mass is 16.6. The van der Waals surface area contributed by atoms with E-state index in [1.165, 1.54) is 5.57 Å². The molecule has 0 unspecified atom stereocenters. The van der Waals surface area contributed by atoms with Gasteiger partial charge in [0.2, 0.25) is 0 Å². The zero-order valence-corrected chi connectivity index (χ0v) is 12.7. The number of aromatic nitrogens is 1. The maximum absolute atomic E-state index is 12.0. The van der Waals surface area contributed by atoms with Gasteiger partial charge in [-0.1, -0.05) is 6.08 Å². The maximum Gasteiger partial charge on any atom is 0.410 e. The van der Waals surface area contributed by atoms with E-state index in [9.17, 15) is 4.79 Å². The molecule has 0 atom stereocenters. The Kier molecular flexibility index (Phi) is 4.47. The number of hydrogen-bond acceptors (Lipinski definition) is 5. The summed E-state index contributed by atoms with van der Waals surface area (Å²) in [4.78, 5) is 17.9. The zero-order valence-electron chi connectivity index (χ0n) is 12.7. The molecule has 21 heavy (non-hydrogen) atoms. The molecular formula is C15H22N4O2. The predicted octanol–water partition coefficient (Wildman–Crippen LogP) is 2.39. The third kappa shape index (κ3) is 4.19. The van der Waals surface area contributed by atoms with Gasteiger partial charge < -0.3 is 15.1 Å². The number of nitrogens with one attached hydrogen (secondary N) is 1. The Morgan fingerprint density at radius 1 is 1.43 bits per heavy atom. The maximum atomic E-state index is 12.0. The van der Waals surface area contributed by atoms with Crippen molar-refractivity contribution < 1.29 is 9.53 Å². The standard InChI is InChI=1S/C15H22N4O2/c1-15(2,3)21-14(20)19-8-6-11(7-9-19)12-4-5-13(18-16)17-10-12/h4-6,10H,7-9,16H2,1-3H3,(H,17,18). The molecule has 1 amide bonds. The van der Waals surface area contributed by atoms with Gasteiger partial charge in [-0.3, -0.25) is 0 Å². The first-order valence-electron chi connectivity index (χ1n) is 6.99. The van der Waals surface area contributed by atoms with Crippen molar-refractivity contribution in [1.29, 1.82) is 0 Å². The lowest BCUT2D eigenvalue weighted by Gasteiger charge is -2.29. The van der Waals surface area contributed by atoms with Crippen LogP contribution in [-0.2, 0) is 4.74 Å². The van der Waals surface area contributed by atoms with E-state index in [1.54, 1.807) is 11.1 Å². The van der Waals surface area contributed by atoms with Crippen molar-refractivity contribution in [3.63, 3.8) is 0 Å². The third-order valence-electron chi connectivity index (χ3n) is 3.14. The van der Waals surface area contributed by atoms with Crippen LogP contribution in [0.15, 0.2) is 24.4 Å². The van der Waals surface area contributed by atoms with Gasteiger partial charge in [-0.2, -0.15) is 0 Å². The third-order valence-corrected chi connectivity index (χ3v) is 3.14. The number of nitrogens with two attached hydrogens (primary N) is 1. The molecule has 1 aliphatic rings. The lowest BCUT2D eigenvalue weighted by molar-refractivity contribution is 0.0270. The summed E-state index contributed by atoms with van der Waals surface area (Å²) in [7, 11) is 0. The molecule has 114 valence electrons. The second kappa shape index (κ2) is 6.13. The van der Waals surface area contributed by atoms with Crippen LogP contribution in [0.4, 0.5) is 10.6 Å². The zero-order chi connectivity index (χ0) is 15.5. The molecule has 1 aromatic rings. The molecule has 2 rings (SSSR count). The van der Waals surface area contributed by atoms with Gasteiger partial charge >= 0.3 is 6.09 Å². The van der Waals surface area contributed by atoms with Crippen molar-refractivity contribution in [3.05, 3.63) is 30.0 Å². The first-order chi connectivity index (χ1) is 9.89. The first-order valence-corrected chi connectivity index (χ1v) is 6.99. The highest BCUT2D eigenvalue weighted by molar-refractivity contribution is 5.72. The Labute approximate surface area is 124 Å². The topological polar surface area (TPSA) is 80.5 Å². The van der Waals surface area contributed by atoms with Gasteiger partial charge in [0, 0.05) is 19.3 Å². The summed E-state index contributed by atoms with van der Waals surface area (Å²) < 4.78 is 5.37. The van der Waals surface area contributed by atoms with E-state index in [2.05, 4.69) is 10.4 Å². The number of rotatable bonds is 2. The highest BCUT2D eigenvalue weighted by Gasteiger charge is 2.23. The molecule has 0 spiro atoms. The molecule has 1 aliphatic heterocycles. The number of nitrogens with zero attached hydrogens (tertiary/aromatic N) is 2. The summed E-state index contributed by atoms with van der Waals surface area (Å²) in [5.74, 6) is 5.93. The van der Waals surface area contributed by atoms with Crippen LogP contribution >= 0.6 is 0 Å². The molecule has 0 radical (unpaired) electrons. The van der Waals surface area contributed by atoms with E-state index in [0.717, 1.165) is 12.0 Å². The van der Waals surface area contributed by atoms with Gasteiger partial charge in [0.25, 0.3) is 0 Å². The molecule has 0 aliphatic carbocycles. The van der Waals surface area contributed by atoms with Crippen LogP contribution in [-0.4, -0.2) is 34.7 Å². The summed E-state index contributed by atoms with van der Waals surface area (Å²) >= 11 is 0. The summed E-state index contributed by atoms with van der Waals surface area (Å²) in [5, 5.41) is 0. The fourth-order valence-corrected chi connectivity index (χ4v) is 2.09. The summed E-state index contributed by atoms with van der Waals surface area (Å²) in [5.41, 5.74) is 4.28. The van der Waals surface area contributed by atoms with Gasteiger partial charge in [-0.15, -0.1) is 0 Å². The minimum Gasteiger partial charge on any atom is -0.444 e. The number of pyridine rings is 1. The van der Waals surface area contributed by atoms with E-state index in [-0.39, 0.29) is 6.09 Å². The second-order valence-electron chi connectivity index (χ2n) is 5.98. The minimum atomic E-state index is -0.462. The Morgan fingerprint density at radius 2 is 2.19 bits per heavy atom. The van der Waals surface area contributed by atoms with Gasteiger partial charge in [0.05, 0.1) is 0 Å². The molecule has 0 saturated heterocycles. The number of amides is 1. The van der Waals surface area contributed by atoms with E-state index in [1.807, 2.05) is 39.0 Å². The average molecular weight is 290 g/mol. The Hall–Kier alpha value is -2.08. The number of carbonyl (C=O) groups excluding carboxylic acids is 1. The molecule has 0 saturated carbocycles. The SMILES string of the molecule is CC(C)(C)OC(=O)N1CC=C(c2ccc(NN)nc2)CC1. The first kappa shape index (κ1) is 15.3. The average Bonchev–Trinajstić information content (AvgIpc) is 2.46. The van der Waals surface area contributed by atoms with Crippen LogP contribution in [0.2, 0.25) is 0 Å². The number of carbonyl (C=O) groups is 1. The summed E-state index contributed by atoms with van der Waals surface area (Å²) in [6.07, 6.45) is 4.35. The minimum absolute atomic E-state index is 0.265. The van der Waals surface area contributed by atoms with Crippen molar-refractivity contribution in [2.45, 2.75) is 32.8 Å². The Balaban J connectivity index is 1.99. The molecule has 6 heteroatoms. The molecule has 0 aromatic carbocycles. The molecular weight excluding hydrogens is 268 g/mol. The van der Waals surface area contributed by atoms with E-state index in [0.29, 0.717) is 18.9 Å². The second-order valence-corrected chi connectivity index (χ2v) is 5.98. The molecule has 2 heterocycles. The summed E-state index contributed by atoms with van der Waals surface area (Å²) in [6, 6.07) is 3.80. The van der Waals surface area contributed by atoms with Crippen molar-refractivity contribution in [2.24, 2.45) is 5.84 Å². The molecule has 6 nitrogen and oxygen atoms in total. The van der Waals surface area contributed by atoms with Crippen LogP contribution in [0.3, 0.4) is 0 Å². The molecule has 0 fully saturated rings. The highest BCUT2D eigenvalue weighted by Crippen LogP contribution is 2.23. The van der Waals surface area contributed by atoms with Gasteiger partial charge in [-0.05, 0) is 50.5 Å². The number of hydrazine groups is 1. The monoisotopic (exact) mass is 290 g/mol. The molecule has 1 aromatic heterocycles. The fourth-order valence-electron chi connectivity index (χ4n) is 2.09. The van der Waals surface area contributed by atoms with Crippen molar-refractivity contribution in [3.8, 4) is 0 Å². The predicted molar refractivity (Wildman–Crippen MR) is 82.4 cm³/mol. The number of ether oxygens (including phenoxy) is 1. The van der Waals surface area contributed by atoms with Crippen LogP contribution in [0.5, 0.6) is 0 Å². The van der Waals surface area contributed by atoms with Crippen molar-refractivity contribution >= 4 is 17.5 Å². The summed E-state index contributed by atoms with van der Waals surface area (Å²) in [6.45, 7) is 6.82. The van der Waals surface area contributed by atoms with E-state index >= 15 is 0 Å². The van der Waals surface area contributed by atoms with Crippen LogP contribution in [0, 0.1) is 0 Å². The fraction of sp³-hybridized carbons (Fsp3) is 0.467. The van der Waals surface area contributed by atoms with E-state index < -0.39 is 5.60 Å². The van der Waals surface area contributed by atoms with Crippen LogP contribution in [0.1, 0.15) is 32.8 Å². The van der Waals surface area contributed by atoms with Crippen molar-refractivity contribution in [1.82, 2.24) is 9.88 Å². The smallest absolute Gasteiger partial charge is 0.410 e. The number of hydrogen-bond donors (Lipinski definition) is 2. The normalized spacial score (nSPS) is 15.4. The van der Waals surface area contributed by atoms with Crippen molar-refractivity contribution in [2.75, 3.05) is 18.5 Å². The lowest BCUT2D eigenvalue weighted by Crippen LogP contribution is -2.39. The molecule has 0 bridgehead atoms. The number of anilines is 1.